The number of ether oxygens (including phenoxy) is 1. The number of nitrogens with one attached hydrogen (secondary N) is 1. The summed E-state index contributed by atoms with van der Waals surface area (Å²) in [4.78, 5) is 15.2. The zero-order chi connectivity index (χ0) is 23.6. The van der Waals surface area contributed by atoms with Crippen LogP contribution in [0.5, 0.6) is 5.75 Å². The molecule has 0 aliphatic carbocycles. The number of carbonyl (C=O) groups excluding carboxylic acids is 1. The van der Waals surface area contributed by atoms with Crippen molar-refractivity contribution in [2.45, 2.75) is 65.5 Å². The molecule has 1 amide bonds. The summed E-state index contributed by atoms with van der Waals surface area (Å²) in [7, 11) is 1.59. The molecule has 168 valence electrons. The Labute approximate surface area is 191 Å². The van der Waals surface area contributed by atoms with E-state index in [2.05, 4.69) is 63.0 Å². The first-order valence-electron chi connectivity index (χ1n) is 11.1. The molecule has 1 aliphatic rings. The molecule has 0 saturated carbocycles. The van der Waals surface area contributed by atoms with Gasteiger partial charge in [-0.1, -0.05) is 6.92 Å². The lowest BCUT2D eigenvalue weighted by Gasteiger charge is -2.50. The number of hydrogen-bond acceptors (Lipinski definition) is 4. The molecule has 3 rings (SSSR count). The average Bonchev–Trinajstić information content (AvgIpc) is 2.72. The van der Waals surface area contributed by atoms with Crippen molar-refractivity contribution in [1.82, 2.24) is 0 Å². The molecule has 0 unspecified atom stereocenters. The van der Waals surface area contributed by atoms with E-state index in [1.807, 2.05) is 6.92 Å². The van der Waals surface area contributed by atoms with Gasteiger partial charge in [-0.3, -0.25) is 4.79 Å². The van der Waals surface area contributed by atoms with Crippen molar-refractivity contribution in [3.05, 3.63) is 58.7 Å². The summed E-state index contributed by atoms with van der Waals surface area (Å²) in [6.07, 6.45) is 2.74. The molecule has 32 heavy (non-hydrogen) atoms. The summed E-state index contributed by atoms with van der Waals surface area (Å²) < 4.78 is 5.14. The molecule has 0 saturated heterocycles. The molecule has 1 heterocycles. The van der Waals surface area contributed by atoms with Gasteiger partial charge in [0.2, 0.25) is 0 Å². The van der Waals surface area contributed by atoms with Crippen LogP contribution in [0.1, 0.15) is 63.6 Å². The van der Waals surface area contributed by atoms with Crippen molar-refractivity contribution in [3.63, 3.8) is 0 Å². The number of amides is 1. The van der Waals surface area contributed by atoms with Gasteiger partial charge < -0.3 is 15.0 Å². The van der Waals surface area contributed by atoms with Gasteiger partial charge in [0.25, 0.3) is 5.91 Å². The summed E-state index contributed by atoms with van der Waals surface area (Å²) in [5.74, 6) is 0.672. The molecule has 2 aromatic rings. The van der Waals surface area contributed by atoms with Crippen molar-refractivity contribution in [2.75, 3.05) is 17.3 Å². The van der Waals surface area contributed by atoms with Gasteiger partial charge in [0.1, 0.15) is 17.4 Å². The lowest BCUT2D eigenvalue weighted by atomic mass is 9.78. The van der Waals surface area contributed by atoms with E-state index in [-0.39, 0.29) is 11.1 Å². The smallest absolute Gasteiger partial charge is 0.266 e. The number of rotatable bonds is 5. The Balaban J connectivity index is 1.95. The van der Waals surface area contributed by atoms with Crippen LogP contribution in [0.15, 0.2) is 42.0 Å². The van der Waals surface area contributed by atoms with E-state index in [4.69, 9.17) is 4.74 Å². The normalized spacial score (nSPS) is 17.5. The van der Waals surface area contributed by atoms with Crippen LogP contribution in [0, 0.1) is 18.3 Å². The maximum absolute atomic E-state index is 12.8. The molecule has 0 bridgehead atoms. The average molecular weight is 432 g/mol. The molecule has 0 fully saturated rings. The van der Waals surface area contributed by atoms with E-state index in [9.17, 15) is 10.1 Å². The van der Waals surface area contributed by atoms with Crippen molar-refractivity contribution in [1.29, 1.82) is 5.26 Å². The highest BCUT2D eigenvalue weighted by Gasteiger charge is 2.37. The van der Waals surface area contributed by atoms with Gasteiger partial charge in [-0.25, -0.2) is 0 Å². The maximum atomic E-state index is 12.8. The minimum Gasteiger partial charge on any atom is -0.497 e. The van der Waals surface area contributed by atoms with Crippen LogP contribution < -0.4 is 15.0 Å². The number of hydrogen-bond donors (Lipinski definition) is 1. The zero-order valence-electron chi connectivity index (χ0n) is 20.1. The van der Waals surface area contributed by atoms with Gasteiger partial charge >= 0.3 is 0 Å². The van der Waals surface area contributed by atoms with E-state index in [0.717, 1.165) is 17.5 Å². The lowest BCUT2D eigenvalue weighted by molar-refractivity contribution is -0.112. The number of carbonyl (C=O) groups is 1. The summed E-state index contributed by atoms with van der Waals surface area (Å²) in [6, 6.07) is 13.8. The van der Waals surface area contributed by atoms with Gasteiger partial charge in [-0.2, -0.15) is 5.26 Å². The van der Waals surface area contributed by atoms with Crippen LogP contribution in [0.2, 0.25) is 0 Å². The molecule has 0 aromatic heterocycles. The van der Waals surface area contributed by atoms with Gasteiger partial charge in [-0.05, 0) is 106 Å². The molecule has 1 atom stereocenters. The van der Waals surface area contributed by atoms with Crippen LogP contribution in [0.25, 0.3) is 6.08 Å². The SMILES string of the molecule is COc1ccc(NC(=O)/C(C#N)=C\c2cc3c(cc2C)N(C(C)C)C(C)(C)C[C@H]3C)cc1. The number of aryl methyl sites for hydroxylation is 1. The fraction of sp³-hybridized carbons (Fsp3) is 0.407. The van der Waals surface area contributed by atoms with E-state index in [1.54, 1.807) is 37.5 Å². The molecular weight excluding hydrogens is 398 g/mol. The topological polar surface area (TPSA) is 65.4 Å². The van der Waals surface area contributed by atoms with Crippen LogP contribution in [-0.2, 0) is 4.79 Å². The Morgan fingerprint density at radius 2 is 1.94 bits per heavy atom. The van der Waals surface area contributed by atoms with E-state index in [0.29, 0.717) is 23.4 Å². The molecular formula is C27H33N3O2. The number of nitrogens with zero attached hydrogens (tertiary/aromatic N) is 2. The van der Waals surface area contributed by atoms with Crippen LogP contribution in [-0.4, -0.2) is 24.6 Å². The van der Waals surface area contributed by atoms with Crippen molar-refractivity contribution < 1.29 is 9.53 Å². The van der Waals surface area contributed by atoms with Crippen molar-refractivity contribution in [2.24, 2.45) is 0 Å². The Kier molecular flexibility index (Phi) is 6.64. The van der Waals surface area contributed by atoms with Gasteiger partial charge in [-0.15, -0.1) is 0 Å². The molecule has 1 aliphatic heterocycles. The van der Waals surface area contributed by atoms with Crippen LogP contribution >= 0.6 is 0 Å². The predicted octanol–water partition coefficient (Wildman–Crippen LogP) is 6.05. The molecule has 2 aromatic carbocycles. The molecule has 5 nitrogen and oxygen atoms in total. The number of benzene rings is 2. The first kappa shape index (κ1) is 23.4. The highest BCUT2D eigenvalue weighted by atomic mass is 16.5. The van der Waals surface area contributed by atoms with E-state index in [1.165, 1.54) is 11.3 Å². The first-order chi connectivity index (χ1) is 15.1. The molecule has 1 N–H and O–H groups in total. The number of nitriles is 1. The highest BCUT2D eigenvalue weighted by Crippen LogP contribution is 2.45. The monoisotopic (exact) mass is 431 g/mol. The fourth-order valence-corrected chi connectivity index (χ4v) is 4.92. The summed E-state index contributed by atoms with van der Waals surface area (Å²) >= 11 is 0. The summed E-state index contributed by atoms with van der Waals surface area (Å²) in [5, 5.41) is 12.5. The minimum absolute atomic E-state index is 0.0699. The highest BCUT2D eigenvalue weighted by molar-refractivity contribution is 6.09. The predicted molar refractivity (Wildman–Crippen MR) is 131 cm³/mol. The number of methoxy groups -OCH3 is 1. The maximum Gasteiger partial charge on any atom is 0.266 e. The standard InChI is InChI=1S/C27H33N3O2/c1-17(2)30-25-12-18(3)20(14-24(25)19(4)15-27(30,5)6)13-21(16-28)26(31)29-22-8-10-23(32-7)11-9-22/h8-14,17,19H,15H2,1-7H3,(H,29,31)/b21-13-/t19-/m1/s1. The Morgan fingerprint density at radius 1 is 1.28 bits per heavy atom. The summed E-state index contributed by atoms with van der Waals surface area (Å²) in [5.41, 5.74) is 5.23. The van der Waals surface area contributed by atoms with Crippen LogP contribution in [0.4, 0.5) is 11.4 Å². The fourth-order valence-electron chi connectivity index (χ4n) is 4.92. The summed E-state index contributed by atoms with van der Waals surface area (Å²) in [6.45, 7) is 13.3. The second-order valence-corrected chi connectivity index (χ2v) is 9.50. The second-order valence-electron chi connectivity index (χ2n) is 9.50. The number of anilines is 2. The third-order valence-electron chi connectivity index (χ3n) is 6.19. The Morgan fingerprint density at radius 3 is 2.50 bits per heavy atom. The van der Waals surface area contributed by atoms with E-state index >= 15 is 0 Å². The van der Waals surface area contributed by atoms with Gasteiger partial charge in [0.05, 0.1) is 7.11 Å². The van der Waals surface area contributed by atoms with Crippen molar-refractivity contribution >= 4 is 23.4 Å². The third kappa shape index (κ3) is 4.65. The first-order valence-corrected chi connectivity index (χ1v) is 11.1. The molecule has 0 spiro atoms. The van der Waals surface area contributed by atoms with E-state index < -0.39 is 5.91 Å². The van der Waals surface area contributed by atoms with Gasteiger partial charge in [0, 0.05) is 23.0 Å². The zero-order valence-corrected chi connectivity index (χ0v) is 20.1. The Hall–Kier alpha value is -3.26. The quantitative estimate of drug-likeness (QED) is 0.462. The Bertz CT molecular complexity index is 1080. The molecule has 5 heteroatoms. The third-order valence-corrected chi connectivity index (χ3v) is 6.19. The minimum atomic E-state index is -0.423. The largest absolute Gasteiger partial charge is 0.497 e. The number of fused-ring (bicyclic) bond motifs is 1. The van der Waals surface area contributed by atoms with Crippen molar-refractivity contribution in [3.8, 4) is 11.8 Å². The van der Waals surface area contributed by atoms with Gasteiger partial charge in [0.15, 0.2) is 0 Å². The molecule has 0 radical (unpaired) electrons. The second kappa shape index (κ2) is 9.08. The lowest BCUT2D eigenvalue weighted by Crippen LogP contribution is -2.51. The van der Waals surface area contributed by atoms with Crippen LogP contribution in [0.3, 0.4) is 0 Å².